The van der Waals surface area contributed by atoms with Crippen molar-refractivity contribution in [1.29, 1.82) is 0 Å². The molecule has 0 atom stereocenters. The van der Waals surface area contributed by atoms with E-state index in [2.05, 4.69) is 14.9 Å². The number of halogens is 1. The minimum Gasteiger partial charge on any atom is -0.334 e. The van der Waals surface area contributed by atoms with Crippen LogP contribution in [0, 0.1) is 5.82 Å². The highest BCUT2D eigenvalue weighted by atomic mass is 32.2. The van der Waals surface area contributed by atoms with E-state index in [1.807, 2.05) is 0 Å². The molecule has 1 heterocycles. The van der Waals surface area contributed by atoms with E-state index in [0.717, 1.165) is 31.7 Å². The fourth-order valence-electron chi connectivity index (χ4n) is 2.99. The van der Waals surface area contributed by atoms with Crippen molar-refractivity contribution in [2.75, 3.05) is 0 Å². The number of nitrogens with two attached hydrogens (primary N) is 1. The predicted octanol–water partition coefficient (Wildman–Crippen LogP) is 2.29. The number of hydrogen-bond donors (Lipinski definition) is 2. The lowest BCUT2D eigenvalue weighted by Crippen LogP contribution is -2.34. The molecule has 1 fully saturated rings. The first-order chi connectivity index (χ1) is 11.7. The maximum absolute atomic E-state index is 14.0. The molecule has 9 heteroatoms. The van der Waals surface area contributed by atoms with Crippen molar-refractivity contribution in [2.45, 2.75) is 56.0 Å². The van der Waals surface area contributed by atoms with Gasteiger partial charge in [-0.2, -0.15) is 4.98 Å². The number of rotatable bonds is 5. The number of nitrogens with one attached hydrogen (secondary N) is 1. The summed E-state index contributed by atoms with van der Waals surface area (Å²) >= 11 is 0. The molecule has 0 amide bonds. The lowest BCUT2D eigenvalue weighted by Gasteiger charge is -2.17. The number of hydrogen-bond acceptors (Lipinski definition) is 6. The van der Waals surface area contributed by atoms with Crippen molar-refractivity contribution in [2.24, 2.45) is 5.73 Å². The topological polar surface area (TPSA) is 111 Å². The van der Waals surface area contributed by atoms with Gasteiger partial charge in [0.25, 0.3) is 5.89 Å². The van der Waals surface area contributed by atoms with Gasteiger partial charge in [0.15, 0.2) is 5.82 Å². The summed E-state index contributed by atoms with van der Waals surface area (Å²) < 4.78 is 46.2. The second kappa shape index (κ2) is 6.47. The molecule has 1 aromatic carbocycles. The van der Waals surface area contributed by atoms with Crippen molar-refractivity contribution in [3.8, 4) is 11.5 Å². The average molecular weight is 368 g/mol. The van der Waals surface area contributed by atoms with E-state index in [-0.39, 0.29) is 11.9 Å². The second-order valence-corrected chi connectivity index (χ2v) is 8.39. The zero-order valence-corrected chi connectivity index (χ0v) is 14.9. The lowest BCUT2D eigenvalue weighted by atomic mass is 9.99. The molecule has 0 aliphatic heterocycles. The van der Waals surface area contributed by atoms with Crippen LogP contribution < -0.4 is 10.5 Å². The van der Waals surface area contributed by atoms with E-state index in [1.165, 1.54) is 12.1 Å². The SMILES string of the molecule is CC(C)NS(=O)(=O)c1cc(-c2nc(C3(N)CCCC3)no2)ccc1F. The first-order valence-corrected chi connectivity index (χ1v) is 9.65. The van der Waals surface area contributed by atoms with Gasteiger partial charge in [0.1, 0.15) is 10.7 Å². The van der Waals surface area contributed by atoms with Crippen molar-refractivity contribution >= 4 is 10.0 Å². The smallest absolute Gasteiger partial charge is 0.258 e. The Bertz CT molecular complexity index is 873. The van der Waals surface area contributed by atoms with Crippen LogP contribution in [0.2, 0.25) is 0 Å². The van der Waals surface area contributed by atoms with Crippen LogP contribution >= 0.6 is 0 Å². The molecule has 3 rings (SSSR count). The Morgan fingerprint density at radius 3 is 2.64 bits per heavy atom. The standard InChI is InChI=1S/C16H21FN4O3S/c1-10(2)21-25(22,23)13-9-11(5-6-12(13)17)14-19-15(20-24-14)16(18)7-3-4-8-16/h5-6,9-10,21H,3-4,7-8,18H2,1-2H3. The zero-order chi connectivity index (χ0) is 18.2. The average Bonchev–Trinajstić information content (AvgIpc) is 3.16. The molecule has 0 radical (unpaired) electrons. The molecule has 0 spiro atoms. The largest absolute Gasteiger partial charge is 0.334 e. The van der Waals surface area contributed by atoms with Crippen molar-refractivity contribution in [3.05, 3.63) is 29.8 Å². The first-order valence-electron chi connectivity index (χ1n) is 8.17. The molecule has 25 heavy (non-hydrogen) atoms. The Morgan fingerprint density at radius 1 is 1.32 bits per heavy atom. The maximum atomic E-state index is 14.0. The molecular weight excluding hydrogens is 347 g/mol. The third kappa shape index (κ3) is 3.58. The number of aromatic nitrogens is 2. The highest BCUT2D eigenvalue weighted by Gasteiger charge is 2.36. The Hall–Kier alpha value is -1.84. The van der Waals surface area contributed by atoms with Gasteiger partial charge in [0.05, 0.1) is 5.54 Å². The molecule has 136 valence electrons. The molecule has 0 unspecified atom stereocenters. The predicted molar refractivity (Wildman–Crippen MR) is 89.5 cm³/mol. The third-order valence-corrected chi connectivity index (χ3v) is 5.90. The summed E-state index contributed by atoms with van der Waals surface area (Å²) in [6.07, 6.45) is 3.54. The zero-order valence-electron chi connectivity index (χ0n) is 14.1. The van der Waals surface area contributed by atoms with Gasteiger partial charge in [-0.1, -0.05) is 18.0 Å². The molecule has 1 aromatic heterocycles. The quantitative estimate of drug-likeness (QED) is 0.838. The summed E-state index contributed by atoms with van der Waals surface area (Å²) in [7, 11) is -3.98. The highest BCUT2D eigenvalue weighted by molar-refractivity contribution is 7.89. The Morgan fingerprint density at radius 2 is 2.00 bits per heavy atom. The van der Waals surface area contributed by atoms with Gasteiger partial charge in [-0.3, -0.25) is 0 Å². The van der Waals surface area contributed by atoms with Crippen molar-refractivity contribution in [1.82, 2.24) is 14.9 Å². The van der Waals surface area contributed by atoms with E-state index in [0.29, 0.717) is 11.4 Å². The van der Waals surface area contributed by atoms with Crippen LogP contribution in [-0.4, -0.2) is 24.6 Å². The minimum absolute atomic E-state index is 0.118. The molecule has 1 aliphatic carbocycles. The van der Waals surface area contributed by atoms with Gasteiger partial charge in [0.2, 0.25) is 10.0 Å². The second-order valence-electron chi connectivity index (χ2n) is 6.71. The van der Waals surface area contributed by atoms with Gasteiger partial charge >= 0.3 is 0 Å². The van der Waals surface area contributed by atoms with Crippen molar-refractivity contribution in [3.63, 3.8) is 0 Å². The number of benzene rings is 1. The van der Waals surface area contributed by atoms with Crippen LogP contribution in [0.15, 0.2) is 27.6 Å². The lowest BCUT2D eigenvalue weighted by molar-refractivity contribution is 0.372. The van der Waals surface area contributed by atoms with Crippen LogP contribution in [0.1, 0.15) is 45.4 Å². The molecule has 2 aromatic rings. The van der Waals surface area contributed by atoms with E-state index < -0.39 is 26.3 Å². The summed E-state index contributed by atoms with van der Waals surface area (Å²) in [6, 6.07) is 3.30. The molecule has 7 nitrogen and oxygen atoms in total. The summed E-state index contributed by atoms with van der Waals surface area (Å²) in [5.41, 5.74) is 6.01. The van der Waals surface area contributed by atoms with Gasteiger partial charge < -0.3 is 10.3 Å². The summed E-state index contributed by atoms with van der Waals surface area (Å²) in [5.74, 6) is -0.329. The van der Waals surface area contributed by atoms with Gasteiger partial charge in [0, 0.05) is 11.6 Å². The van der Waals surface area contributed by atoms with Crippen LogP contribution in [0.25, 0.3) is 11.5 Å². The third-order valence-electron chi connectivity index (χ3n) is 4.23. The fourth-order valence-corrected chi connectivity index (χ4v) is 4.34. The van der Waals surface area contributed by atoms with Gasteiger partial charge in [-0.05, 0) is 44.9 Å². The van der Waals surface area contributed by atoms with E-state index in [9.17, 15) is 12.8 Å². The van der Waals surface area contributed by atoms with Crippen molar-refractivity contribution < 1.29 is 17.3 Å². The van der Waals surface area contributed by atoms with Gasteiger partial charge in [-0.25, -0.2) is 17.5 Å². The van der Waals surface area contributed by atoms with E-state index >= 15 is 0 Å². The molecule has 3 N–H and O–H groups in total. The molecule has 0 saturated heterocycles. The molecular formula is C16H21FN4O3S. The maximum Gasteiger partial charge on any atom is 0.258 e. The summed E-state index contributed by atoms with van der Waals surface area (Å²) in [6.45, 7) is 3.32. The minimum atomic E-state index is -3.98. The number of nitrogens with zero attached hydrogens (tertiary/aromatic N) is 2. The first kappa shape index (κ1) is 18.0. The van der Waals surface area contributed by atoms with Crippen LogP contribution in [0.3, 0.4) is 0 Å². The normalized spacial score (nSPS) is 17.3. The van der Waals surface area contributed by atoms with Crippen LogP contribution in [0.5, 0.6) is 0 Å². The monoisotopic (exact) mass is 368 g/mol. The molecule has 0 bridgehead atoms. The highest BCUT2D eigenvalue weighted by Crippen LogP contribution is 2.35. The van der Waals surface area contributed by atoms with Crippen LogP contribution in [-0.2, 0) is 15.6 Å². The number of sulfonamides is 1. The van der Waals surface area contributed by atoms with Crippen LogP contribution in [0.4, 0.5) is 4.39 Å². The fraction of sp³-hybridized carbons (Fsp3) is 0.500. The summed E-state index contributed by atoms with van der Waals surface area (Å²) in [4.78, 5) is 3.85. The van der Waals surface area contributed by atoms with Gasteiger partial charge in [-0.15, -0.1) is 0 Å². The summed E-state index contributed by atoms with van der Waals surface area (Å²) in [5, 5.41) is 3.94. The Labute approximate surface area is 145 Å². The Balaban J connectivity index is 1.97. The Kier molecular flexibility index (Phi) is 4.65. The van der Waals surface area contributed by atoms with E-state index in [4.69, 9.17) is 10.3 Å². The molecule has 1 aliphatic rings. The van der Waals surface area contributed by atoms with E-state index in [1.54, 1.807) is 13.8 Å². The molecule has 1 saturated carbocycles.